The van der Waals surface area contributed by atoms with Crippen molar-refractivity contribution in [2.24, 2.45) is 5.92 Å². The summed E-state index contributed by atoms with van der Waals surface area (Å²) >= 11 is 7.11. The summed E-state index contributed by atoms with van der Waals surface area (Å²) in [6, 6.07) is 6.62. The fourth-order valence-corrected chi connectivity index (χ4v) is 4.87. The SMILES string of the molecule is CS(=O)(=O)c1ccc(C(CC2CCCC2)C(=O)Nc2ncc(Cl)s2)cc1. The molecule has 1 atom stereocenters. The average Bonchev–Trinajstić information content (AvgIpc) is 3.23. The largest absolute Gasteiger partial charge is 0.301 e. The second-order valence-electron chi connectivity index (χ2n) is 6.74. The van der Waals surface area contributed by atoms with Crippen LogP contribution in [0.4, 0.5) is 5.13 Å². The Morgan fingerprint density at radius 1 is 1.31 bits per heavy atom. The Labute approximate surface area is 162 Å². The van der Waals surface area contributed by atoms with Crippen molar-refractivity contribution in [1.82, 2.24) is 4.98 Å². The number of hydrogen-bond acceptors (Lipinski definition) is 5. The van der Waals surface area contributed by atoms with Gasteiger partial charge in [-0.1, -0.05) is 60.8 Å². The second-order valence-corrected chi connectivity index (χ2v) is 10.4. The molecule has 0 saturated heterocycles. The number of carbonyl (C=O) groups excluding carboxylic acids is 1. The molecule has 3 rings (SSSR count). The Morgan fingerprint density at radius 2 is 1.96 bits per heavy atom. The van der Waals surface area contributed by atoms with Gasteiger partial charge in [-0.2, -0.15) is 0 Å². The molecule has 0 spiro atoms. The van der Waals surface area contributed by atoms with Crippen molar-refractivity contribution < 1.29 is 13.2 Å². The molecule has 5 nitrogen and oxygen atoms in total. The quantitative estimate of drug-likeness (QED) is 0.757. The van der Waals surface area contributed by atoms with Gasteiger partial charge in [-0.3, -0.25) is 4.79 Å². The number of aromatic nitrogens is 1. The van der Waals surface area contributed by atoms with Crippen LogP contribution in [0.2, 0.25) is 4.34 Å². The molecule has 2 aromatic rings. The van der Waals surface area contributed by atoms with Crippen LogP contribution in [0.1, 0.15) is 43.6 Å². The van der Waals surface area contributed by atoms with E-state index in [9.17, 15) is 13.2 Å². The smallest absolute Gasteiger partial charge is 0.233 e. The number of nitrogens with one attached hydrogen (secondary N) is 1. The molecule has 0 radical (unpaired) electrons. The lowest BCUT2D eigenvalue weighted by Crippen LogP contribution is -2.23. The van der Waals surface area contributed by atoms with Gasteiger partial charge in [0, 0.05) is 6.26 Å². The number of amides is 1. The third-order valence-electron chi connectivity index (χ3n) is 4.78. The fourth-order valence-electron chi connectivity index (χ4n) is 3.43. The van der Waals surface area contributed by atoms with Gasteiger partial charge in [-0.05, 0) is 30.0 Å². The van der Waals surface area contributed by atoms with Gasteiger partial charge in [0.25, 0.3) is 0 Å². The van der Waals surface area contributed by atoms with Gasteiger partial charge < -0.3 is 5.32 Å². The van der Waals surface area contributed by atoms with Crippen molar-refractivity contribution >= 4 is 43.8 Å². The highest BCUT2D eigenvalue weighted by Gasteiger charge is 2.27. The molecule has 26 heavy (non-hydrogen) atoms. The lowest BCUT2D eigenvalue weighted by atomic mass is 9.87. The number of halogens is 1. The van der Waals surface area contributed by atoms with E-state index >= 15 is 0 Å². The molecule has 1 aromatic carbocycles. The van der Waals surface area contributed by atoms with E-state index in [2.05, 4.69) is 10.3 Å². The third kappa shape index (κ3) is 4.84. The minimum Gasteiger partial charge on any atom is -0.301 e. The summed E-state index contributed by atoms with van der Waals surface area (Å²) in [6.45, 7) is 0. The zero-order valence-corrected chi connectivity index (χ0v) is 16.8. The number of benzene rings is 1. The molecular weight excluding hydrogens is 392 g/mol. The highest BCUT2D eigenvalue weighted by Crippen LogP contribution is 2.35. The molecule has 8 heteroatoms. The van der Waals surface area contributed by atoms with E-state index in [4.69, 9.17) is 11.6 Å². The summed E-state index contributed by atoms with van der Waals surface area (Å²) in [6.07, 6.45) is 8.11. The highest BCUT2D eigenvalue weighted by atomic mass is 35.5. The lowest BCUT2D eigenvalue weighted by Gasteiger charge is -2.20. The van der Waals surface area contributed by atoms with Crippen LogP contribution in [-0.4, -0.2) is 25.6 Å². The first-order valence-corrected chi connectivity index (χ1v) is 11.6. The number of hydrogen-bond donors (Lipinski definition) is 1. The van der Waals surface area contributed by atoms with Crippen LogP contribution in [0, 0.1) is 5.92 Å². The Balaban J connectivity index is 1.83. The van der Waals surface area contributed by atoms with Gasteiger partial charge >= 0.3 is 0 Å². The zero-order valence-electron chi connectivity index (χ0n) is 14.4. The van der Waals surface area contributed by atoms with Gasteiger partial charge in [0.1, 0.15) is 4.34 Å². The molecule has 140 valence electrons. The normalized spacial score (nSPS) is 16.5. The van der Waals surface area contributed by atoms with Crippen LogP contribution in [0.3, 0.4) is 0 Å². The minimum absolute atomic E-state index is 0.130. The van der Waals surface area contributed by atoms with Crippen LogP contribution in [-0.2, 0) is 14.6 Å². The number of carbonyl (C=O) groups is 1. The zero-order chi connectivity index (χ0) is 18.7. The molecule has 0 aliphatic heterocycles. The average molecular weight is 413 g/mol. The Hall–Kier alpha value is -1.44. The predicted octanol–water partition coefficient (Wildman–Crippen LogP) is 4.50. The van der Waals surface area contributed by atoms with Gasteiger partial charge in [0.2, 0.25) is 5.91 Å². The maximum Gasteiger partial charge on any atom is 0.233 e. The van der Waals surface area contributed by atoms with Crippen molar-refractivity contribution in [3.8, 4) is 0 Å². The van der Waals surface area contributed by atoms with Crippen molar-refractivity contribution in [3.05, 3.63) is 40.4 Å². The van der Waals surface area contributed by atoms with Gasteiger partial charge in [-0.25, -0.2) is 13.4 Å². The highest BCUT2D eigenvalue weighted by molar-refractivity contribution is 7.90. The maximum atomic E-state index is 12.9. The molecule has 1 aromatic heterocycles. The molecule has 1 aliphatic rings. The van der Waals surface area contributed by atoms with E-state index in [-0.39, 0.29) is 16.7 Å². The monoisotopic (exact) mass is 412 g/mol. The first kappa shape index (κ1) is 19.3. The van der Waals surface area contributed by atoms with Crippen molar-refractivity contribution in [2.75, 3.05) is 11.6 Å². The fraction of sp³-hybridized carbons (Fsp3) is 0.444. The van der Waals surface area contributed by atoms with Crippen LogP contribution in [0.5, 0.6) is 0 Å². The molecular formula is C18H21ClN2O3S2. The van der Waals surface area contributed by atoms with Gasteiger partial charge in [-0.15, -0.1) is 0 Å². The summed E-state index contributed by atoms with van der Waals surface area (Å²) in [4.78, 5) is 17.2. The summed E-state index contributed by atoms with van der Waals surface area (Å²) in [5, 5.41) is 3.32. The number of anilines is 1. The number of rotatable bonds is 6. The number of thiazole rings is 1. The topological polar surface area (TPSA) is 76.1 Å². The standard InChI is InChI=1S/C18H21ClN2O3S2/c1-26(23,24)14-8-6-13(7-9-14)15(10-12-4-2-3-5-12)17(22)21-18-20-11-16(19)25-18/h6-9,11-12,15H,2-5,10H2,1H3,(H,20,21,22). The van der Waals surface area contributed by atoms with Crippen molar-refractivity contribution in [3.63, 3.8) is 0 Å². The van der Waals surface area contributed by atoms with Crippen molar-refractivity contribution in [1.29, 1.82) is 0 Å². The summed E-state index contributed by atoms with van der Waals surface area (Å²) < 4.78 is 23.9. The molecule has 1 saturated carbocycles. The van der Waals surface area contributed by atoms with E-state index in [0.29, 0.717) is 15.4 Å². The lowest BCUT2D eigenvalue weighted by molar-refractivity contribution is -0.118. The molecule has 1 aliphatic carbocycles. The van der Waals surface area contributed by atoms with Crippen LogP contribution < -0.4 is 5.32 Å². The maximum absolute atomic E-state index is 12.9. The first-order valence-electron chi connectivity index (χ1n) is 8.55. The van der Waals surface area contributed by atoms with Crippen LogP contribution in [0.15, 0.2) is 35.4 Å². The molecule has 1 N–H and O–H groups in total. The van der Waals surface area contributed by atoms with Crippen molar-refractivity contribution in [2.45, 2.75) is 42.9 Å². The van der Waals surface area contributed by atoms with E-state index in [0.717, 1.165) is 24.8 Å². The molecule has 1 amide bonds. The third-order valence-corrected chi connectivity index (χ3v) is 6.94. The van der Waals surface area contributed by atoms with Crippen LogP contribution >= 0.6 is 22.9 Å². The number of sulfone groups is 1. The first-order chi connectivity index (χ1) is 12.3. The molecule has 1 fully saturated rings. The van der Waals surface area contributed by atoms with Crippen LogP contribution in [0.25, 0.3) is 0 Å². The van der Waals surface area contributed by atoms with E-state index in [1.807, 2.05) is 0 Å². The predicted molar refractivity (Wildman–Crippen MR) is 105 cm³/mol. The Kier molecular flexibility index (Phi) is 5.99. The Morgan fingerprint density at radius 3 is 2.50 bits per heavy atom. The second kappa shape index (κ2) is 8.06. The molecule has 1 unspecified atom stereocenters. The van der Waals surface area contributed by atoms with E-state index in [1.54, 1.807) is 24.3 Å². The molecule has 1 heterocycles. The summed E-state index contributed by atoms with van der Waals surface area (Å²) in [5.74, 6) is 0.0459. The van der Waals surface area contributed by atoms with Gasteiger partial charge in [0.05, 0.1) is 17.0 Å². The Bertz CT molecular complexity index is 872. The molecule has 0 bridgehead atoms. The number of nitrogens with zero attached hydrogens (tertiary/aromatic N) is 1. The minimum atomic E-state index is -3.26. The van der Waals surface area contributed by atoms with E-state index < -0.39 is 9.84 Å². The van der Waals surface area contributed by atoms with E-state index in [1.165, 1.54) is 36.6 Å². The van der Waals surface area contributed by atoms with Gasteiger partial charge in [0.15, 0.2) is 15.0 Å². The summed E-state index contributed by atoms with van der Waals surface area (Å²) in [5.41, 5.74) is 0.824. The summed E-state index contributed by atoms with van der Waals surface area (Å²) in [7, 11) is -3.26.